The molecule has 0 aliphatic carbocycles. The number of fused-ring (bicyclic) bond motifs is 1. The molecule has 2 heterocycles. The van der Waals surface area contributed by atoms with Crippen LogP contribution in [0.3, 0.4) is 0 Å². The Morgan fingerprint density at radius 2 is 1.89 bits per heavy atom. The smallest absolute Gasteiger partial charge is 0.323 e. The van der Waals surface area contributed by atoms with Gasteiger partial charge in [0.25, 0.3) is 5.22 Å². The molecule has 0 radical (unpaired) electrons. The molecular weight excluding hydrogens is 366 g/mol. The zero-order chi connectivity index (χ0) is 18.8. The Hall–Kier alpha value is -3.33. The van der Waals surface area contributed by atoms with Gasteiger partial charge in [-0.15, -0.1) is 10.2 Å². The standard InChI is InChI=1S/C18H15N5O3S/c1-10(27-18-23-22-16(26-18)11-5-3-2-4-6-11)15(24)19-12-7-8-13-14(9-12)21-17(25)20-13/h2-10H,1H3,(H,19,24)(H2,20,21,25)/t10-/m1/s1. The van der Waals surface area contributed by atoms with Crippen LogP contribution in [0.5, 0.6) is 0 Å². The highest BCUT2D eigenvalue weighted by molar-refractivity contribution is 8.00. The molecule has 0 saturated carbocycles. The number of hydrogen-bond acceptors (Lipinski definition) is 6. The summed E-state index contributed by atoms with van der Waals surface area (Å²) in [5, 5.41) is 10.7. The number of nitrogens with zero attached hydrogens (tertiary/aromatic N) is 2. The van der Waals surface area contributed by atoms with Gasteiger partial charge in [-0.3, -0.25) is 4.79 Å². The highest BCUT2D eigenvalue weighted by Gasteiger charge is 2.19. The van der Waals surface area contributed by atoms with Crippen LogP contribution in [-0.4, -0.2) is 31.3 Å². The maximum Gasteiger partial charge on any atom is 0.323 e. The van der Waals surface area contributed by atoms with E-state index in [9.17, 15) is 9.59 Å². The maximum atomic E-state index is 12.4. The molecule has 27 heavy (non-hydrogen) atoms. The molecule has 0 aliphatic rings. The minimum atomic E-state index is -0.449. The van der Waals surface area contributed by atoms with E-state index in [-0.39, 0.29) is 11.6 Å². The van der Waals surface area contributed by atoms with Crippen molar-refractivity contribution in [1.29, 1.82) is 0 Å². The number of benzene rings is 2. The summed E-state index contributed by atoms with van der Waals surface area (Å²) in [4.78, 5) is 29.1. The summed E-state index contributed by atoms with van der Waals surface area (Å²) in [7, 11) is 0. The van der Waals surface area contributed by atoms with Crippen LogP contribution in [-0.2, 0) is 4.79 Å². The number of imidazole rings is 1. The maximum absolute atomic E-state index is 12.4. The van der Waals surface area contributed by atoms with Crippen LogP contribution >= 0.6 is 11.8 Å². The summed E-state index contributed by atoms with van der Waals surface area (Å²) in [6.07, 6.45) is 0. The number of hydrogen-bond donors (Lipinski definition) is 3. The monoisotopic (exact) mass is 381 g/mol. The molecule has 136 valence electrons. The van der Waals surface area contributed by atoms with Crippen LogP contribution in [0.2, 0.25) is 0 Å². The molecule has 0 fully saturated rings. The van der Waals surface area contributed by atoms with Crippen LogP contribution in [0, 0.1) is 0 Å². The van der Waals surface area contributed by atoms with Crippen LogP contribution in [0.1, 0.15) is 6.92 Å². The largest absolute Gasteiger partial charge is 0.411 e. The third kappa shape index (κ3) is 3.77. The molecular formula is C18H15N5O3S. The van der Waals surface area contributed by atoms with Crippen molar-refractivity contribution >= 4 is 34.4 Å². The molecule has 3 N–H and O–H groups in total. The van der Waals surface area contributed by atoms with Crippen LogP contribution in [0.4, 0.5) is 5.69 Å². The zero-order valence-corrected chi connectivity index (χ0v) is 15.0. The first-order valence-electron chi connectivity index (χ1n) is 8.17. The van der Waals surface area contributed by atoms with Gasteiger partial charge in [0.05, 0.1) is 16.3 Å². The summed E-state index contributed by atoms with van der Waals surface area (Å²) < 4.78 is 5.62. The van der Waals surface area contributed by atoms with Crippen molar-refractivity contribution in [3.63, 3.8) is 0 Å². The fraction of sp³-hybridized carbons (Fsp3) is 0.111. The number of anilines is 1. The highest BCUT2D eigenvalue weighted by atomic mass is 32.2. The lowest BCUT2D eigenvalue weighted by Crippen LogP contribution is -2.22. The number of amides is 1. The van der Waals surface area contributed by atoms with E-state index in [1.807, 2.05) is 30.3 Å². The Morgan fingerprint density at radius 3 is 2.70 bits per heavy atom. The van der Waals surface area contributed by atoms with E-state index in [0.29, 0.717) is 27.8 Å². The first-order chi connectivity index (χ1) is 13.1. The highest BCUT2D eigenvalue weighted by Crippen LogP contribution is 2.26. The number of rotatable bonds is 5. The second kappa shape index (κ2) is 7.12. The SMILES string of the molecule is C[C@@H](Sc1nnc(-c2ccccc2)o1)C(=O)Nc1ccc2[nH]c(=O)[nH]c2c1. The summed E-state index contributed by atoms with van der Waals surface area (Å²) in [6, 6.07) is 14.6. The zero-order valence-electron chi connectivity index (χ0n) is 14.2. The van der Waals surface area contributed by atoms with Gasteiger partial charge in [0, 0.05) is 11.3 Å². The second-order valence-electron chi connectivity index (χ2n) is 5.83. The Morgan fingerprint density at radius 1 is 1.11 bits per heavy atom. The number of aromatic amines is 2. The van der Waals surface area contributed by atoms with Crippen LogP contribution in [0.15, 0.2) is 63.0 Å². The summed E-state index contributed by atoms with van der Waals surface area (Å²) in [6.45, 7) is 1.75. The van der Waals surface area contributed by atoms with Crippen molar-refractivity contribution < 1.29 is 9.21 Å². The Balaban J connectivity index is 1.43. The molecule has 2 aromatic heterocycles. The fourth-order valence-corrected chi connectivity index (χ4v) is 3.20. The number of carbonyl (C=O) groups excluding carboxylic acids is 1. The van der Waals surface area contributed by atoms with Crippen molar-refractivity contribution in [3.05, 3.63) is 59.0 Å². The number of nitrogens with one attached hydrogen (secondary N) is 3. The lowest BCUT2D eigenvalue weighted by molar-refractivity contribution is -0.115. The molecule has 1 atom stereocenters. The molecule has 8 nitrogen and oxygen atoms in total. The summed E-state index contributed by atoms with van der Waals surface area (Å²) >= 11 is 1.18. The quantitative estimate of drug-likeness (QED) is 0.458. The molecule has 0 spiro atoms. The molecule has 0 aliphatic heterocycles. The van der Waals surface area contributed by atoms with Gasteiger partial charge in [-0.2, -0.15) is 0 Å². The second-order valence-corrected chi connectivity index (χ2v) is 7.12. The van der Waals surface area contributed by atoms with Crippen molar-refractivity contribution in [3.8, 4) is 11.5 Å². The van der Waals surface area contributed by atoms with E-state index in [2.05, 4.69) is 25.5 Å². The fourth-order valence-electron chi connectivity index (χ4n) is 2.51. The Kier molecular flexibility index (Phi) is 4.51. The average Bonchev–Trinajstić information content (AvgIpc) is 3.27. The average molecular weight is 381 g/mol. The molecule has 4 rings (SSSR count). The van der Waals surface area contributed by atoms with Gasteiger partial charge in [-0.05, 0) is 37.3 Å². The first kappa shape index (κ1) is 17.1. The normalized spacial score (nSPS) is 12.2. The van der Waals surface area contributed by atoms with Crippen molar-refractivity contribution in [2.24, 2.45) is 0 Å². The minimum Gasteiger partial charge on any atom is -0.411 e. The first-order valence-corrected chi connectivity index (χ1v) is 9.05. The van der Waals surface area contributed by atoms with Crippen molar-refractivity contribution in [2.45, 2.75) is 17.4 Å². The van der Waals surface area contributed by atoms with Gasteiger partial charge in [-0.1, -0.05) is 30.0 Å². The summed E-state index contributed by atoms with van der Waals surface area (Å²) in [5.41, 5.74) is 2.43. The predicted octanol–water partition coefficient (Wildman–Crippen LogP) is 3.03. The molecule has 9 heteroatoms. The number of H-pyrrole nitrogens is 2. The van der Waals surface area contributed by atoms with E-state index >= 15 is 0 Å². The van der Waals surface area contributed by atoms with E-state index < -0.39 is 5.25 Å². The lowest BCUT2D eigenvalue weighted by atomic mass is 10.2. The minimum absolute atomic E-state index is 0.211. The molecule has 4 aromatic rings. The number of carbonyl (C=O) groups is 1. The lowest BCUT2D eigenvalue weighted by Gasteiger charge is -2.09. The topological polar surface area (TPSA) is 117 Å². The van der Waals surface area contributed by atoms with E-state index in [1.165, 1.54) is 11.8 Å². The molecule has 0 unspecified atom stereocenters. The van der Waals surface area contributed by atoms with E-state index in [0.717, 1.165) is 5.56 Å². The van der Waals surface area contributed by atoms with Gasteiger partial charge in [0.2, 0.25) is 11.8 Å². The van der Waals surface area contributed by atoms with Crippen LogP contribution < -0.4 is 11.0 Å². The number of thioether (sulfide) groups is 1. The van der Waals surface area contributed by atoms with Crippen molar-refractivity contribution in [2.75, 3.05) is 5.32 Å². The Labute approximate surface area is 157 Å². The predicted molar refractivity (Wildman–Crippen MR) is 103 cm³/mol. The molecule has 2 aromatic carbocycles. The van der Waals surface area contributed by atoms with E-state index in [1.54, 1.807) is 25.1 Å². The van der Waals surface area contributed by atoms with Crippen LogP contribution in [0.25, 0.3) is 22.5 Å². The molecule has 0 bridgehead atoms. The van der Waals surface area contributed by atoms with Gasteiger partial charge < -0.3 is 19.7 Å². The number of aromatic nitrogens is 4. The third-order valence-corrected chi connectivity index (χ3v) is 4.79. The molecule has 1 amide bonds. The van der Waals surface area contributed by atoms with E-state index in [4.69, 9.17) is 4.42 Å². The van der Waals surface area contributed by atoms with Gasteiger partial charge in [0.1, 0.15) is 0 Å². The molecule has 0 saturated heterocycles. The van der Waals surface area contributed by atoms with Crippen molar-refractivity contribution in [1.82, 2.24) is 20.2 Å². The van der Waals surface area contributed by atoms with Gasteiger partial charge in [0.15, 0.2) is 0 Å². The summed E-state index contributed by atoms with van der Waals surface area (Å²) in [5.74, 6) is 0.198. The van der Waals surface area contributed by atoms with Gasteiger partial charge >= 0.3 is 5.69 Å². The van der Waals surface area contributed by atoms with Gasteiger partial charge in [-0.25, -0.2) is 4.79 Å². The third-order valence-electron chi connectivity index (χ3n) is 3.86. The Bertz CT molecular complexity index is 1150.